The smallest absolute Gasteiger partial charge is 0.307 e. The van der Waals surface area contributed by atoms with Gasteiger partial charge in [-0.15, -0.1) is 0 Å². The van der Waals surface area contributed by atoms with Gasteiger partial charge in [0.05, 0.1) is 26.1 Å². The van der Waals surface area contributed by atoms with Gasteiger partial charge in [0.25, 0.3) is 0 Å². The van der Waals surface area contributed by atoms with Crippen LogP contribution in [-0.4, -0.2) is 36.7 Å². The van der Waals surface area contributed by atoms with Crippen LogP contribution in [0.5, 0.6) is 0 Å². The molecule has 2 atom stereocenters. The van der Waals surface area contributed by atoms with Gasteiger partial charge in [-0.25, -0.2) is 4.39 Å². The van der Waals surface area contributed by atoms with E-state index in [-0.39, 0.29) is 25.4 Å². The van der Waals surface area contributed by atoms with Gasteiger partial charge in [-0.2, -0.15) is 5.26 Å². The van der Waals surface area contributed by atoms with Crippen LogP contribution in [0.1, 0.15) is 12.8 Å². The van der Waals surface area contributed by atoms with Crippen molar-refractivity contribution in [1.29, 1.82) is 5.26 Å². The molecular formula is C8H11FN2O2. The Labute approximate surface area is 75.9 Å². The lowest BCUT2D eigenvalue weighted by atomic mass is 10.1. The van der Waals surface area contributed by atoms with Crippen LogP contribution in [0.15, 0.2) is 0 Å². The van der Waals surface area contributed by atoms with E-state index in [1.165, 1.54) is 12.0 Å². The summed E-state index contributed by atoms with van der Waals surface area (Å²) in [5, 5.41) is 8.60. The number of rotatable bonds is 2. The van der Waals surface area contributed by atoms with Gasteiger partial charge in [0.15, 0.2) is 6.19 Å². The highest BCUT2D eigenvalue weighted by molar-refractivity contribution is 5.70. The minimum atomic E-state index is -1.01. The molecule has 0 saturated carbocycles. The number of methoxy groups -OCH3 is 1. The van der Waals surface area contributed by atoms with Crippen molar-refractivity contribution in [2.75, 3.05) is 13.7 Å². The van der Waals surface area contributed by atoms with Gasteiger partial charge >= 0.3 is 5.97 Å². The first kappa shape index (κ1) is 9.78. The van der Waals surface area contributed by atoms with E-state index < -0.39 is 12.1 Å². The number of likely N-dealkylation sites (tertiary alicyclic amines) is 1. The van der Waals surface area contributed by atoms with Gasteiger partial charge < -0.3 is 9.64 Å². The molecule has 0 spiro atoms. The van der Waals surface area contributed by atoms with E-state index in [4.69, 9.17) is 5.26 Å². The molecule has 13 heavy (non-hydrogen) atoms. The number of hydrogen-bond donors (Lipinski definition) is 0. The molecule has 1 saturated heterocycles. The normalized spacial score (nSPS) is 27.0. The molecule has 1 rings (SSSR count). The highest BCUT2D eigenvalue weighted by Gasteiger charge is 2.33. The maximum Gasteiger partial charge on any atom is 0.307 e. The molecular weight excluding hydrogens is 175 g/mol. The van der Waals surface area contributed by atoms with Crippen molar-refractivity contribution in [3.8, 4) is 6.19 Å². The quantitative estimate of drug-likeness (QED) is 0.464. The molecule has 2 unspecified atom stereocenters. The topological polar surface area (TPSA) is 53.3 Å². The van der Waals surface area contributed by atoms with Gasteiger partial charge in [0.2, 0.25) is 0 Å². The standard InChI is InChI=1S/C8H11FN2O2/c1-13-8(12)3-7-2-6(9)4-11(7)5-10/h6-7H,2-4H2,1H3. The lowest BCUT2D eigenvalue weighted by Gasteiger charge is -2.15. The zero-order valence-electron chi connectivity index (χ0n) is 7.36. The fourth-order valence-corrected chi connectivity index (χ4v) is 1.45. The summed E-state index contributed by atoms with van der Waals surface area (Å²) in [5.74, 6) is -0.403. The third-order valence-corrected chi connectivity index (χ3v) is 2.12. The van der Waals surface area contributed by atoms with Crippen molar-refractivity contribution >= 4 is 5.97 Å². The number of alkyl halides is 1. The lowest BCUT2D eigenvalue weighted by molar-refractivity contribution is -0.141. The number of carbonyl (C=O) groups is 1. The van der Waals surface area contributed by atoms with Crippen molar-refractivity contribution in [1.82, 2.24) is 4.90 Å². The Morgan fingerprint density at radius 1 is 1.85 bits per heavy atom. The summed E-state index contributed by atoms with van der Waals surface area (Å²) in [7, 11) is 1.28. The first-order chi connectivity index (χ1) is 6.17. The zero-order valence-corrected chi connectivity index (χ0v) is 7.36. The molecule has 0 N–H and O–H groups in total. The van der Waals surface area contributed by atoms with Crippen LogP contribution in [0.3, 0.4) is 0 Å². The summed E-state index contributed by atoms with van der Waals surface area (Å²) in [5.41, 5.74) is 0. The van der Waals surface area contributed by atoms with E-state index in [0.717, 1.165) is 0 Å². The van der Waals surface area contributed by atoms with E-state index in [1.807, 2.05) is 6.19 Å². The maximum absolute atomic E-state index is 12.8. The number of hydrogen-bond acceptors (Lipinski definition) is 4. The second-order valence-corrected chi connectivity index (χ2v) is 3.02. The number of halogens is 1. The van der Waals surface area contributed by atoms with Gasteiger partial charge in [-0.1, -0.05) is 0 Å². The third kappa shape index (κ3) is 2.31. The van der Waals surface area contributed by atoms with E-state index >= 15 is 0 Å². The van der Waals surface area contributed by atoms with Crippen molar-refractivity contribution in [2.24, 2.45) is 0 Å². The van der Waals surface area contributed by atoms with E-state index in [0.29, 0.717) is 0 Å². The summed E-state index contributed by atoms with van der Waals surface area (Å²) >= 11 is 0. The van der Waals surface area contributed by atoms with Crippen LogP contribution in [0, 0.1) is 11.5 Å². The molecule has 0 aliphatic carbocycles. The Balaban J connectivity index is 2.50. The van der Waals surface area contributed by atoms with Gasteiger partial charge in [-0.3, -0.25) is 4.79 Å². The summed E-state index contributed by atoms with van der Waals surface area (Å²) in [6.45, 7) is 0.0954. The monoisotopic (exact) mass is 186 g/mol. The van der Waals surface area contributed by atoms with Crippen molar-refractivity contribution in [3.05, 3.63) is 0 Å². The molecule has 5 heteroatoms. The van der Waals surface area contributed by atoms with Gasteiger partial charge in [-0.05, 0) is 0 Å². The van der Waals surface area contributed by atoms with Crippen LogP contribution >= 0.6 is 0 Å². The fraction of sp³-hybridized carbons (Fsp3) is 0.750. The van der Waals surface area contributed by atoms with Crippen molar-refractivity contribution in [2.45, 2.75) is 25.1 Å². The summed E-state index contributed by atoms with van der Waals surface area (Å²) in [6.07, 6.45) is 1.18. The van der Waals surface area contributed by atoms with Crippen LogP contribution < -0.4 is 0 Å². The zero-order chi connectivity index (χ0) is 9.84. The average Bonchev–Trinajstić information content (AvgIpc) is 2.46. The van der Waals surface area contributed by atoms with Crippen LogP contribution in [0.25, 0.3) is 0 Å². The Morgan fingerprint density at radius 3 is 3.08 bits per heavy atom. The molecule has 0 aromatic heterocycles. The summed E-state index contributed by atoms with van der Waals surface area (Å²) in [4.78, 5) is 12.1. The first-order valence-corrected chi connectivity index (χ1v) is 4.04. The van der Waals surface area contributed by atoms with Crippen molar-refractivity contribution < 1.29 is 13.9 Å². The molecule has 1 aliphatic heterocycles. The molecule has 0 radical (unpaired) electrons. The molecule has 4 nitrogen and oxygen atoms in total. The molecule has 1 aliphatic rings. The summed E-state index contributed by atoms with van der Waals surface area (Å²) in [6, 6.07) is -0.326. The summed E-state index contributed by atoms with van der Waals surface area (Å²) < 4.78 is 17.3. The molecule has 0 amide bonds. The minimum Gasteiger partial charge on any atom is -0.469 e. The van der Waals surface area contributed by atoms with Crippen LogP contribution in [0.2, 0.25) is 0 Å². The van der Waals surface area contributed by atoms with Crippen LogP contribution in [0.4, 0.5) is 4.39 Å². The minimum absolute atomic E-state index is 0.0878. The predicted molar refractivity (Wildman–Crippen MR) is 42.3 cm³/mol. The van der Waals surface area contributed by atoms with Gasteiger partial charge in [0, 0.05) is 6.42 Å². The Hall–Kier alpha value is -1.31. The largest absolute Gasteiger partial charge is 0.469 e. The molecule has 72 valence electrons. The Morgan fingerprint density at radius 2 is 2.54 bits per heavy atom. The highest BCUT2D eigenvalue weighted by Crippen LogP contribution is 2.21. The number of carbonyl (C=O) groups excluding carboxylic acids is 1. The van der Waals surface area contributed by atoms with E-state index in [1.54, 1.807) is 0 Å². The highest BCUT2D eigenvalue weighted by atomic mass is 19.1. The molecule has 1 fully saturated rings. The number of esters is 1. The first-order valence-electron chi connectivity index (χ1n) is 4.04. The lowest BCUT2D eigenvalue weighted by Crippen LogP contribution is -2.27. The second-order valence-electron chi connectivity index (χ2n) is 3.02. The van der Waals surface area contributed by atoms with Gasteiger partial charge in [0.1, 0.15) is 6.17 Å². The predicted octanol–water partition coefficient (Wildman–Crippen LogP) is 0.443. The Kier molecular flexibility index (Phi) is 3.07. The fourth-order valence-electron chi connectivity index (χ4n) is 1.45. The Bertz CT molecular complexity index is 239. The third-order valence-electron chi connectivity index (χ3n) is 2.12. The van der Waals surface area contributed by atoms with E-state index in [2.05, 4.69) is 4.74 Å². The van der Waals surface area contributed by atoms with Crippen molar-refractivity contribution in [3.63, 3.8) is 0 Å². The number of nitrogens with zero attached hydrogens (tertiary/aromatic N) is 2. The van der Waals surface area contributed by atoms with Crippen LogP contribution in [-0.2, 0) is 9.53 Å². The molecule has 0 bridgehead atoms. The second kappa shape index (κ2) is 4.08. The molecule has 1 heterocycles. The molecule has 0 aromatic carbocycles. The average molecular weight is 186 g/mol. The number of ether oxygens (including phenoxy) is 1. The van der Waals surface area contributed by atoms with E-state index in [9.17, 15) is 9.18 Å². The number of nitriles is 1. The maximum atomic E-state index is 12.8. The molecule has 0 aromatic rings. The SMILES string of the molecule is COC(=O)CC1CC(F)CN1C#N.